The molecule has 3 bridgehead atoms. The number of hydrogen-bond acceptors (Lipinski definition) is 12. The predicted octanol–water partition coefficient (Wildman–Crippen LogP) is 3.59. The number of allylic oxidation sites excluding steroid dienone is 5. The number of fused-ring (bicyclic) bond motifs is 3. The van der Waals surface area contributed by atoms with E-state index in [4.69, 9.17) is 28.4 Å². The fraction of sp³-hybridized carbons (Fsp3) is 0.500. The van der Waals surface area contributed by atoms with Crippen LogP contribution < -0.4 is 4.74 Å². The fourth-order valence-corrected chi connectivity index (χ4v) is 9.40. The van der Waals surface area contributed by atoms with Gasteiger partial charge >= 0.3 is 11.9 Å². The molecule has 1 aromatic rings. The summed E-state index contributed by atoms with van der Waals surface area (Å²) in [6.45, 7) is 10.8. The quantitative estimate of drug-likeness (QED) is 0.0863. The van der Waals surface area contributed by atoms with Gasteiger partial charge < -0.3 is 48.8 Å². The summed E-state index contributed by atoms with van der Waals surface area (Å²) in [6.07, 6.45) is 12.2. The number of aromatic hydroxyl groups is 1. The van der Waals surface area contributed by atoms with E-state index >= 15 is 0 Å². The van der Waals surface area contributed by atoms with Gasteiger partial charge in [-0.05, 0) is 55.2 Å². The first kappa shape index (κ1) is 36.5. The van der Waals surface area contributed by atoms with Gasteiger partial charge in [-0.3, -0.25) is 4.79 Å². The van der Waals surface area contributed by atoms with Crippen molar-refractivity contribution in [3.05, 3.63) is 90.1 Å². The number of aliphatic hydroxyl groups is 3. The molecule has 0 aromatic heterocycles. The first-order chi connectivity index (χ1) is 24.7. The number of benzene rings is 1. The Morgan fingerprint density at radius 2 is 1.87 bits per heavy atom. The fourth-order valence-electron chi connectivity index (χ4n) is 9.40. The van der Waals surface area contributed by atoms with Crippen molar-refractivity contribution in [2.45, 2.75) is 93.3 Å². The molecule has 7 rings (SSSR count). The number of esters is 1. The molecule has 5 fully saturated rings. The molecule has 0 unspecified atom stereocenters. The molecule has 12 heteroatoms. The van der Waals surface area contributed by atoms with Gasteiger partial charge in [0, 0.05) is 29.9 Å². The van der Waals surface area contributed by atoms with Gasteiger partial charge in [0.15, 0.2) is 28.5 Å². The van der Waals surface area contributed by atoms with Crippen LogP contribution in [0.25, 0.3) is 6.08 Å². The van der Waals surface area contributed by atoms with Crippen LogP contribution >= 0.6 is 0 Å². The van der Waals surface area contributed by atoms with Crippen LogP contribution in [0, 0.1) is 17.8 Å². The molecule has 12 atom stereocenters. The van der Waals surface area contributed by atoms with Crippen LogP contribution in [-0.4, -0.2) is 98.7 Å². The third kappa shape index (κ3) is 4.85. The van der Waals surface area contributed by atoms with Gasteiger partial charge in [0.05, 0.1) is 19.3 Å². The van der Waals surface area contributed by atoms with Crippen molar-refractivity contribution in [2.75, 3.05) is 13.7 Å². The number of phenolic OH excluding ortho intramolecular Hbond substituents is 1. The molecule has 0 amide bonds. The van der Waals surface area contributed by atoms with Gasteiger partial charge in [-0.1, -0.05) is 69.4 Å². The molecule has 3 aliphatic heterocycles. The number of unbranched alkanes of at least 4 members (excludes halogenated alkanes) is 1. The van der Waals surface area contributed by atoms with Crippen molar-refractivity contribution in [3.8, 4) is 11.5 Å². The highest BCUT2D eigenvalue weighted by Crippen LogP contribution is 2.73. The molecule has 6 aliphatic rings. The molecule has 52 heavy (non-hydrogen) atoms. The number of epoxide rings is 1. The van der Waals surface area contributed by atoms with Crippen LogP contribution in [-0.2, 0) is 33.3 Å². The summed E-state index contributed by atoms with van der Waals surface area (Å²) < 4.78 is 38.3. The minimum absolute atomic E-state index is 0.0571. The Bertz CT molecular complexity index is 1830. The van der Waals surface area contributed by atoms with E-state index in [2.05, 4.69) is 13.5 Å². The smallest absolute Gasteiger partial charge is 0.331 e. The van der Waals surface area contributed by atoms with Crippen molar-refractivity contribution in [2.24, 2.45) is 17.8 Å². The van der Waals surface area contributed by atoms with Gasteiger partial charge in [-0.25, -0.2) is 4.79 Å². The highest BCUT2D eigenvalue weighted by Gasteiger charge is 2.90. The number of aliphatic hydroxyl groups excluding tert-OH is 2. The van der Waals surface area contributed by atoms with E-state index < -0.39 is 88.9 Å². The average Bonchev–Trinajstić information content (AvgIpc) is 3.75. The SMILES string of the molecule is C=C(C)[C@@]12O[C@@]3(/C=C/C=C/C=C/CCC)O[C@@H]1[C@@H]1[C@@H]4O[C@]4(CO)[C@@H](O)[C@]4(O)C(=O)C(C)=C[C@H]4[C@@]1(O3)[C@H](C)[C@H]2OC(=O)/C=C/c1ccc(O)c(OC)c1. The van der Waals surface area contributed by atoms with Gasteiger partial charge in [0.2, 0.25) is 0 Å². The van der Waals surface area contributed by atoms with Crippen molar-refractivity contribution in [1.82, 2.24) is 0 Å². The second-order valence-electron chi connectivity index (χ2n) is 14.7. The maximum atomic E-state index is 13.9. The monoisotopic (exact) mass is 718 g/mol. The lowest BCUT2D eigenvalue weighted by Crippen LogP contribution is -2.76. The standard InChI is InChI=1S/C40H46O12/c1-7-8-9-10-11-12-13-18-37-50-34-30-33-36(21-41,49-33)35(45)38(46)28(19-23(4)31(38)44)40(30,52-37)24(5)32(39(34,51-37)22(2)3)48-29(43)17-15-25-14-16-26(42)27(20-25)47-6/h9-20,24,28,30,32-35,41-42,45-46H,2,7-8,21H2,1,3-6H3/b10-9+,12-11+,17-15+,18-13+/t24-,28-,30+,32-,33+,34-,35-,36+,37-,38-,39+,40+/m1/s1. The molecular weight excluding hydrogens is 672 g/mol. The Morgan fingerprint density at radius 1 is 1.12 bits per heavy atom. The van der Waals surface area contributed by atoms with E-state index in [0.29, 0.717) is 11.1 Å². The minimum Gasteiger partial charge on any atom is -0.504 e. The van der Waals surface area contributed by atoms with Crippen molar-refractivity contribution in [1.29, 1.82) is 0 Å². The summed E-state index contributed by atoms with van der Waals surface area (Å²) in [5.74, 6) is -6.10. The molecule has 0 radical (unpaired) electrons. The summed E-state index contributed by atoms with van der Waals surface area (Å²) in [6, 6.07) is 4.61. The van der Waals surface area contributed by atoms with E-state index in [1.54, 1.807) is 57.2 Å². The number of ketones is 1. The van der Waals surface area contributed by atoms with Crippen LogP contribution in [0.1, 0.15) is 46.1 Å². The third-order valence-electron chi connectivity index (χ3n) is 11.9. The Kier molecular flexibility index (Phi) is 8.85. The van der Waals surface area contributed by atoms with Crippen LogP contribution in [0.3, 0.4) is 0 Å². The average molecular weight is 719 g/mol. The van der Waals surface area contributed by atoms with E-state index in [1.165, 1.54) is 25.3 Å². The van der Waals surface area contributed by atoms with Crippen molar-refractivity contribution in [3.63, 3.8) is 0 Å². The van der Waals surface area contributed by atoms with Crippen LogP contribution in [0.2, 0.25) is 0 Å². The molecule has 12 nitrogen and oxygen atoms in total. The summed E-state index contributed by atoms with van der Waals surface area (Å²) in [5.41, 5.74) is -6.13. The lowest BCUT2D eigenvalue weighted by atomic mass is 9.53. The summed E-state index contributed by atoms with van der Waals surface area (Å²) in [4.78, 5) is 27.7. The molecule has 4 N–H and O–H groups in total. The van der Waals surface area contributed by atoms with E-state index in [9.17, 15) is 30.0 Å². The van der Waals surface area contributed by atoms with Crippen molar-refractivity contribution < 1.29 is 58.4 Å². The van der Waals surface area contributed by atoms with Gasteiger partial charge in [0.25, 0.3) is 0 Å². The lowest BCUT2D eigenvalue weighted by molar-refractivity contribution is -0.407. The number of carbonyl (C=O) groups excluding carboxylic acids is 2. The molecular formula is C40H46O12. The van der Waals surface area contributed by atoms with Crippen LogP contribution in [0.15, 0.2) is 84.5 Å². The molecule has 278 valence electrons. The zero-order chi connectivity index (χ0) is 37.4. The van der Waals surface area contributed by atoms with E-state index in [-0.39, 0.29) is 17.1 Å². The summed E-state index contributed by atoms with van der Waals surface area (Å²) in [7, 11) is 1.42. The predicted molar refractivity (Wildman–Crippen MR) is 187 cm³/mol. The molecule has 3 aliphatic carbocycles. The first-order valence-electron chi connectivity index (χ1n) is 17.7. The van der Waals surface area contributed by atoms with Crippen LogP contribution in [0.4, 0.5) is 0 Å². The maximum Gasteiger partial charge on any atom is 0.331 e. The second-order valence-corrected chi connectivity index (χ2v) is 14.7. The topological polar surface area (TPSA) is 174 Å². The molecule has 3 saturated heterocycles. The Morgan fingerprint density at radius 3 is 2.56 bits per heavy atom. The number of phenols is 1. The maximum absolute atomic E-state index is 13.9. The van der Waals surface area contributed by atoms with Crippen LogP contribution in [0.5, 0.6) is 11.5 Å². The normalized spacial score (nSPS) is 42.8. The van der Waals surface area contributed by atoms with Gasteiger partial charge in [0.1, 0.15) is 30.0 Å². The number of rotatable bonds is 11. The van der Waals surface area contributed by atoms with Gasteiger partial charge in [-0.2, -0.15) is 0 Å². The number of hydrogen-bond donors (Lipinski definition) is 4. The minimum atomic E-state index is -2.47. The first-order valence-corrected chi connectivity index (χ1v) is 17.7. The number of methoxy groups -OCH3 is 1. The number of Topliss-reactive ketones (excluding diaryl/α,β-unsaturated/α-hetero) is 1. The lowest BCUT2D eigenvalue weighted by Gasteiger charge is -2.61. The summed E-state index contributed by atoms with van der Waals surface area (Å²) in [5, 5.41) is 45.0. The summed E-state index contributed by atoms with van der Waals surface area (Å²) >= 11 is 0. The highest BCUT2D eigenvalue weighted by atomic mass is 16.9. The van der Waals surface area contributed by atoms with E-state index in [0.717, 1.165) is 12.8 Å². The number of ether oxygens (including phenoxy) is 6. The second kappa shape index (κ2) is 12.6. The Hall–Kier alpha value is -3.88. The zero-order valence-electron chi connectivity index (χ0n) is 29.9. The van der Waals surface area contributed by atoms with Gasteiger partial charge in [-0.15, -0.1) is 0 Å². The largest absolute Gasteiger partial charge is 0.504 e. The van der Waals surface area contributed by atoms with E-state index in [1.807, 2.05) is 18.2 Å². The highest BCUT2D eigenvalue weighted by molar-refractivity contribution is 6.05. The molecule has 0 spiro atoms. The molecule has 2 saturated carbocycles. The Labute approximate surface area is 302 Å². The molecule has 1 aromatic carbocycles. The molecule has 3 heterocycles. The van der Waals surface area contributed by atoms with Crippen molar-refractivity contribution >= 4 is 17.8 Å². The zero-order valence-corrected chi connectivity index (χ0v) is 29.9. The number of carbonyl (C=O) groups is 2. The Balaban J connectivity index is 1.36. The third-order valence-corrected chi connectivity index (χ3v) is 11.9.